The molecule has 12 heavy (non-hydrogen) atoms. The van der Waals surface area contributed by atoms with Crippen molar-refractivity contribution < 1.29 is 13.9 Å². The van der Waals surface area contributed by atoms with E-state index in [4.69, 9.17) is 5.11 Å². The molecule has 2 nitrogen and oxygen atoms in total. The first-order chi connectivity index (χ1) is 5.61. The number of pyridine rings is 1. The number of halogens is 2. The Morgan fingerprint density at radius 3 is 2.67 bits per heavy atom. The summed E-state index contributed by atoms with van der Waals surface area (Å²) in [6.07, 6.45) is -2.04. The van der Waals surface area contributed by atoms with Gasteiger partial charge < -0.3 is 5.11 Å². The molecule has 1 heterocycles. The van der Waals surface area contributed by atoms with Gasteiger partial charge in [-0.05, 0) is 24.6 Å². The fraction of sp³-hybridized carbons (Fsp3) is 0.375. The Morgan fingerprint density at radius 1 is 1.50 bits per heavy atom. The van der Waals surface area contributed by atoms with Crippen LogP contribution in [0.2, 0.25) is 0 Å². The molecule has 0 spiro atoms. The van der Waals surface area contributed by atoms with Gasteiger partial charge in [-0.2, -0.15) is 0 Å². The third kappa shape index (κ3) is 1.98. The molecule has 0 amide bonds. The molecular formula is C8H9F2NO. The minimum Gasteiger partial charge on any atom is -0.389 e. The second-order valence-corrected chi connectivity index (χ2v) is 2.49. The van der Waals surface area contributed by atoms with E-state index < -0.39 is 12.5 Å². The summed E-state index contributed by atoms with van der Waals surface area (Å²) < 4.78 is 24.1. The van der Waals surface area contributed by atoms with Gasteiger partial charge in [0.15, 0.2) is 0 Å². The summed E-state index contributed by atoms with van der Waals surface area (Å²) in [5.41, 5.74) is 0.161. The molecule has 1 aromatic heterocycles. The Balaban J connectivity index is 2.96. The van der Waals surface area contributed by atoms with E-state index in [2.05, 4.69) is 4.98 Å². The molecule has 66 valence electrons. The summed E-state index contributed by atoms with van der Waals surface area (Å²) >= 11 is 0. The van der Waals surface area contributed by atoms with Crippen molar-refractivity contribution in [1.29, 1.82) is 0 Å². The number of aromatic nitrogens is 1. The minimum atomic E-state index is -2.58. The van der Waals surface area contributed by atoms with Crippen molar-refractivity contribution in [2.24, 2.45) is 0 Å². The van der Waals surface area contributed by atoms with Crippen LogP contribution in [0.5, 0.6) is 0 Å². The standard InChI is InChI=1S/C8H9F2NO/c1-5(12)6-2-3-11-7(4-6)8(9)10/h2-5,8,12H,1H3/t5-/m1/s1. The van der Waals surface area contributed by atoms with Crippen molar-refractivity contribution in [3.05, 3.63) is 29.6 Å². The number of hydrogen-bond donors (Lipinski definition) is 1. The van der Waals surface area contributed by atoms with Gasteiger partial charge in [-0.25, -0.2) is 8.78 Å². The molecule has 0 saturated carbocycles. The molecule has 0 radical (unpaired) electrons. The molecule has 1 N–H and O–H groups in total. The summed E-state index contributed by atoms with van der Waals surface area (Å²) in [6, 6.07) is 2.71. The third-order valence-corrected chi connectivity index (χ3v) is 1.51. The third-order valence-electron chi connectivity index (χ3n) is 1.51. The van der Waals surface area contributed by atoms with Crippen molar-refractivity contribution in [3.8, 4) is 0 Å². The molecule has 0 aliphatic carbocycles. The molecule has 0 fully saturated rings. The highest BCUT2D eigenvalue weighted by atomic mass is 19.3. The van der Waals surface area contributed by atoms with E-state index >= 15 is 0 Å². The van der Waals surface area contributed by atoms with Crippen molar-refractivity contribution >= 4 is 0 Å². The van der Waals surface area contributed by atoms with Crippen LogP contribution in [-0.2, 0) is 0 Å². The maximum absolute atomic E-state index is 12.1. The predicted octanol–water partition coefficient (Wildman–Crippen LogP) is 2.07. The molecule has 0 aromatic carbocycles. The van der Waals surface area contributed by atoms with Gasteiger partial charge in [-0.15, -0.1) is 0 Å². The largest absolute Gasteiger partial charge is 0.389 e. The number of aliphatic hydroxyl groups excluding tert-OH is 1. The lowest BCUT2D eigenvalue weighted by Crippen LogP contribution is -1.95. The maximum Gasteiger partial charge on any atom is 0.280 e. The molecule has 1 atom stereocenters. The van der Waals surface area contributed by atoms with Crippen molar-refractivity contribution in [3.63, 3.8) is 0 Å². The van der Waals surface area contributed by atoms with Gasteiger partial charge in [0.25, 0.3) is 6.43 Å². The first-order valence-electron chi connectivity index (χ1n) is 3.53. The maximum atomic E-state index is 12.1. The normalized spacial score (nSPS) is 13.4. The van der Waals surface area contributed by atoms with E-state index in [1.807, 2.05) is 0 Å². The van der Waals surface area contributed by atoms with Gasteiger partial charge in [0, 0.05) is 6.20 Å². The Hall–Kier alpha value is -1.03. The molecule has 0 unspecified atom stereocenters. The van der Waals surface area contributed by atoms with Crippen LogP contribution in [0, 0.1) is 0 Å². The molecular weight excluding hydrogens is 164 g/mol. The highest BCUT2D eigenvalue weighted by molar-refractivity contribution is 5.18. The van der Waals surface area contributed by atoms with Crippen LogP contribution in [0.3, 0.4) is 0 Å². The van der Waals surface area contributed by atoms with Gasteiger partial charge >= 0.3 is 0 Å². The second-order valence-electron chi connectivity index (χ2n) is 2.49. The highest BCUT2D eigenvalue weighted by Gasteiger charge is 2.10. The Morgan fingerprint density at radius 2 is 2.17 bits per heavy atom. The van der Waals surface area contributed by atoms with Gasteiger partial charge in [-0.3, -0.25) is 4.98 Å². The Bertz CT molecular complexity index is 240. The quantitative estimate of drug-likeness (QED) is 0.742. The van der Waals surface area contributed by atoms with Crippen LogP contribution in [0.1, 0.15) is 30.7 Å². The van der Waals surface area contributed by atoms with E-state index in [0.717, 1.165) is 0 Å². The lowest BCUT2D eigenvalue weighted by molar-refractivity contribution is 0.145. The topological polar surface area (TPSA) is 33.1 Å². The van der Waals surface area contributed by atoms with E-state index in [0.29, 0.717) is 5.56 Å². The zero-order valence-corrected chi connectivity index (χ0v) is 6.54. The number of aliphatic hydroxyl groups is 1. The molecule has 1 rings (SSSR count). The van der Waals surface area contributed by atoms with Gasteiger partial charge in [-0.1, -0.05) is 0 Å². The molecule has 0 bridgehead atoms. The Kier molecular flexibility index (Phi) is 2.70. The molecule has 0 aliphatic rings. The van der Waals surface area contributed by atoms with Crippen molar-refractivity contribution in [1.82, 2.24) is 4.98 Å². The van der Waals surface area contributed by atoms with Gasteiger partial charge in [0.1, 0.15) is 5.69 Å². The molecule has 4 heteroatoms. The Labute approximate surface area is 68.9 Å². The minimum absolute atomic E-state index is 0.298. The fourth-order valence-electron chi connectivity index (χ4n) is 0.845. The molecule has 1 aromatic rings. The number of hydrogen-bond acceptors (Lipinski definition) is 2. The first-order valence-corrected chi connectivity index (χ1v) is 3.53. The predicted molar refractivity (Wildman–Crippen MR) is 39.8 cm³/mol. The number of nitrogens with zero attached hydrogens (tertiary/aromatic N) is 1. The van der Waals surface area contributed by atoms with Crippen LogP contribution in [-0.4, -0.2) is 10.1 Å². The van der Waals surface area contributed by atoms with E-state index in [9.17, 15) is 8.78 Å². The average molecular weight is 173 g/mol. The van der Waals surface area contributed by atoms with Crippen molar-refractivity contribution in [2.45, 2.75) is 19.5 Å². The second kappa shape index (κ2) is 3.58. The smallest absolute Gasteiger partial charge is 0.280 e. The summed E-state index contributed by atoms with van der Waals surface area (Å²) in [7, 11) is 0. The first kappa shape index (κ1) is 9.06. The van der Waals surface area contributed by atoms with Gasteiger partial charge in [0.2, 0.25) is 0 Å². The van der Waals surface area contributed by atoms with E-state index in [-0.39, 0.29) is 5.69 Å². The van der Waals surface area contributed by atoms with Crippen LogP contribution >= 0.6 is 0 Å². The average Bonchev–Trinajstić information content (AvgIpc) is 2.04. The fourth-order valence-corrected chi connectivity index (χ4v) is 0.845. The zero-order chi connectivity index (χ0) is 9.14. The lowest BCUT2D eigenvalue weighted by Gasteiger charge is -2.05. The van der Waals surface area contributed by atoms with Crippen LogP contribution in [0.25, 0.3) is 0 Å². The highest BCUT2D eigenvalue weighted by Crippen LogP contribution is 2.19. The van der Waals surface area contributed by atoms with Gasteiger partial charge in [0.05, 0.1) is 6.10 Å². The van der Waals surface area contributed by atoms with Crippen LogP contribution in [0.15, 0.2) is 18.3 Å². The molecule has 0 saturated heterocycles. The number of alkyl halides is 2. The van der Waals surface area contributed by atoms with E-state index in [1.165, 1.54) is 25.3 Å². The van der Waals surface area contributed by atoms with Crippen LogP contribution < -0.4 is 0 Å². The summed E-state index contributed by atoms with van der Waals surface area (Å²) in [5, 5.41) is 9.06. The SMILES string of the molecule is C[C@@H](O)c1ccnc(C(F)F)c1. The van der Waals surface area contributed by atoms with Crippen LogP contribution in [0.4, 0.5) is 8.78 Å². The van der Waals surface area contributed by atoms with Crippen molar-refractivity contribution in [2.75, 3.05) is 0 Å². The molecule has 0 aliphatic heterocycles. The summed E-state index contributed by atoms with van der Waals surface area (Å²) in [4.78, 5) is 3.46. The lowest BCUT2D eigenvalue weighted by atomic mass is 10.1. The van der Waals surface area contributed by atoms with E-state index in [1.54, 1.807) is 0 Å². The summed E-state index contributed by atoms with van der Waals surface area (Å²) in [5.74, 6) is 0. The summed E-state index contributed by atoms with van der Waals surface area (Å²) in [6.45, 7) is 1.52. The monoisotopic (exact) mass is 173 g/mol. The zero-order valence-electron chi connectivity index (χ0n) is 6.54. The number of rotatable bonds is 2.